The van der Waals surface area contributed by atoms with E-state index in [0.717, 1.165) is 17.9 Å². The summed E-state index contributed by atoms with van der Waals surface area (Å²) in [6, 6.07) is 5.98. The second-order valence-corrected chi connectivity index (χ2v) is 3.67. The van der Waals surface area contributed by atoms with Crippen LogP contribution in [0.4, 0.5) is 0 Å². The fraction of sp³-hybridized carbons (Fsp3) is 0.455. The van der Waals surface area contributed by atoms with Crippen molar-refractivity contribution in [1.29, 1.82) is 0 Å². The van der Waals surface area contributed by atoms with Crippen LogP contribution >= 0.6 is 0 Å². The first-order valence-corrected chi connectivity index (χ1v) is 5.00. The third-order valence-electron chi connectivity index (χ3n) is 2.59. The van der Waals surface area contributed by atoms with Gasteiger partial charge >= 0.3 is 0 Å². The average Bonchev–Trinajstić information content (AvgIpc) is 2.87. The van der Waals surface area contributed by atoms with Crippen molar-refractivity contribution in [1.82, 2.24) is 0 Å². The molecule has 1 atom stereocenters. The van der Waals surface area contributed by atoms with Crippen LogP contribution < -0.4 is 9.47 Å². The Balaban J connectivity index is 1.75. The zero-order valence-corrected chi connectivity index (χ0v) is 8.27. The summed E-state index contributed by atoms with van der Waals surface area (Å²) < 4.78 is 21.1. The first-order chi connectivity index (χ1) is 7.42. The summed E-state index contributed by atoms with van der Waals surface area (Å²) in [5.74, 6) is 1.65. The molecule has 0 aromatic heterocycles. The zero-order chi connectivity index (χ0) is 10.1. The maximum absolute atomic E-state index is 5.38. The van der Waals surface area contributed by atoms with Gasteiger partial charge in [-0.3, -0.25) is 0 Å². The largest absolute Gasteiger partial charge is 0.454 e. The Morgan fingerprint density at radius 2 is 2.07 bits per heavy atom. The first-order valence-electron chi connectivity index (χ1n) is 5.00. The lowest BCUT2D eigenvalue weighted by molar-refractivity contribution is 0.0470. The smallest absolute Gasteiger partial charge is 0.231 e. The Morgan fingerprint density at radius 1 is 1.13 bits per heavy atom. The van der Waals surface area contributed by atoms with Crippen molar-refractivity contribution in [2.24, 2.45) is 0 Å². The van der Waals surface area contributed by atoms with Gasteiger partial charge < -0.3 is 18.9 Å². The predicted molar refractivity (Wildman–Crippen MR) is 52.0 cm³/mol. The SMILES string of the molecule is c1cc2c(cc1CC1COCO1)OCO2. The molecule has 2 aliphatic rings. The predicted octanol–water partition coefficient (Wildman–Crippen LogP) is 1.33. The van der Waals surface area contributed by atoms with E-state index in [4.69, 9.17) is 18.9 Å². The highest BCUT2D eigenvalue weighted by Gasteiger charge is 2.19. The van der Waals surface area contributed by atoms with Crippen molar-refractivity contribution in [3.63, 3.8) is 0 Å². The molecule has 2 aliphatic heterocycles. The molecule has 1 saturated heterocycles. The van der Waals surface area contributed by atoms with Gasteiger partial charge in [-0.25, -0.2) is 0 Å². The molecule has 1 aromatic carbocycles. The quantitative estimate of drug-likeness (QED) is 0.734. The van der Waals surface area contributed by atoms with Crippen LogP contribution in [0.3, 0.4) is 0 Å². The molecular formula is C11H12O4. The number of benzene rings is 1. The van der Waals surface area contributed by atoms with Crippen molar-refractivity contribution in [2.75, 3.05) is 20.2 Å². The van der Waals surface area contributed by atoms with Crippen molar-refractivity contribution in [2.45, 2.75) is 12.5 Å². The van der Waals surface area contributed by atoms with Gasteiger partial charge in [0.1, 0.15) is 6.79 Å². The monoisotopic (exact) mass is 208 g/mol. The van der Waals surface area contributed by atoms with Gasteiger partial charge in [-0.2, -0.15) is 0 Å². The van der Waals surface area contributed by atoms with Gasteiger partial charge in [-0.15, -0.1) is 0 Å². The molecule has 1 fully saturated rings. The van der Waals surface area contributed by atoms with E-state index < -0.39 is 0 Å². The van der Waals surface area contributed by atoms with Crippen LogP contribution in [0.1, 0.15) is 5.56 Å². The average molecular weight is 208 g/mol. The second-order valence-electron chi connectivity index (χ2n) is 3.67. The number of ether oxygens (including phenoxy) is 4. The van der Waals surface area contributed by atoms with Crippen LogP contribution in [0.5, 0.6) is 11.5 Å². The van der Waals surface area contributed by atoms with Crippen LogP contribution in [-0.2, 0) is 15.9 Å². The standard InChI is InChI=1S/C11H12O4/c1-2-10-11(15-7-14-10)4-8(1)3-9-5-12-6-13-9/h1-2,4,9H,3,5-7H2. The van der Waals surface area contributed by atoms with E-state index in [9.17, 15) is 0 Å². The molecule has 4 heteroatoms. The molecule has 0 N–H and O–H groups in total. The van der Waals surface area contributed by atoms with E-state index in [0.29, 0.717) is 20.2 Å². The van der Waals surface area contributed by atoms with Crippen LogP contribution in [0.25, 0.3) is 0 Å². The summed E-state index contributed by atoms with van der Waals surface area (Å²) in [4.78, 5) is 0. The maximum atomic E-state index is 5.38. The molecule has 0 bridgehead atoms. The van der Waals surface area contributed by atoms with Gasteiger partial charge in [-0.1, -0.05) is 6.07 Å². The van der Waals surface area contributed by atoms with Gasteiger partial charge in [-0.05, 0) is 17.7 Å². The van der Waals surface area contributed by atoms with Gasteiger partial charge in [0, 0.05) is 6.42 Å². The highest BCUT2D eigenvalue weighted by molar-refractivity contribution is 5.44. The Morgan fingerprint density at radius 3 is 2.93 bits per heavy atom. The summed E-state index contributed by atoms with van der Waals surface area (Å²) in [6.07, 6.45) is 1.03. The Kier molecular flexibility index (Phi) is 2.23. The third-order valence-corrected chi connectivity index (χ3v) is 2.59. The van der Waals surface area contributed by atoms with Gasteiger partial charge in [0.05, 0.1) is 12.7 Å². The molecule has 15 heavy (non-hydrogen) atoms. The minimum atomic E-state index is 0.172. The van der Waals surface area contributed by atoms with E-state index in [2.05, 4.69) is 0 Å². The molecule has 1 aromatic rings. The first kappa shape index (κ1) is 9.00. The summed E-state index contributed by atoms with van der Waals surface area (Å²) in [6.45, 7) is 1.41. The number of rotatable bonds is 2. The topological polar surface area (TPSA) is 36.9 Å². The van der Waals surface area contributed by atoms with E-state index >= 15 is 0 Å². The Hall–Kier alpha value is -1.26. The minimum absolute atomic E-state index is 0.172. The summed E-state index contributed by atoms with van der Waals surface area (Å²) >= 11 is 0. The van der Waals surface area contributed by atoms with Crippen LogP contribution in [-0.4, -0.2) is 26.3 Å². The van der Waals surface area contributed by atoms with E-state index in [1.54, 1.807) is 0 Å². The van der Waals surface area contributed by atoms with Crippen molar-refractivity contribution in [3.8, 4) is 11.5 Å². The molecule has 80 valence electrons. The third kappa shape index (κ3) is 1.78. The normalized spacial score (nSPS) is 23.3. The number of hydrogen-bond acceptors (Lipinski definition) is 4. The molecule has 0 aliphatic carbocycles. The Bertz CT molecular complexity index is 358. The highest BCUT2D eigenvalue weighted by atomic mass is 16.7. The molecular weight excluding hydrogens is 196 g/mol. The van der Waals surface area contributed by atoms with E-state index in [-0.39, 0.29) is 6.10 Å². The molecule has 2 heterocycles. The van der Waals surface area contributed by atoms with Gasteiger partial charge in [0.2, 0.25) is 6.79 Å². The van der Waals surface area contributed by atoms with Crippen molar-refractivity contribution < 1.29 is 18.9 Å². The lowest BCUT2D eigenvalue weighted by Crippen LogP contribution is -2.12. The molecule has 4 nitrogen and oxygen atoms in total. The summed E-state index contributed by atoms with van der Waals surface area (Å²) in [5, 5.41) is 0. The molecule has 0 radical (unpaired) electrons. The maximum Gasteiger partial charge on any atom is 0.231 e. The van der Waals surface area contributed by atoms with Crippen LogP contribution in [0.15, 0.2) is 18.2 Å². The Labute approximate surface area is 87.7 Å². The highest BCUT2D eigenvalue weighted by Crippen LogP contribution is 2.33. The van der Waals surface area contributed by atoms with Gasteiger partial charge in [0.15, 0.2) is 11.5 Å². The number of fused-ring (bicyclic) bond motifs is 1. The van der Waals surface area contributed by atoms with E-state index in [1.807, 2.05) is 18.2 Å². The van der Waals surface area contributed by atoms with Crippen molar-refractivity contribution in [3.05, 3.63) is 23.8 Å². The van der Waals surface area contributed by atoms with E-state index in [1.165, 1.54) is 5.56 Å². The van der Waals surface area contributed by atoms with Crippen LogP contribution in [0, 0.1) is 0 Å². The molecule has 0 spiro atoms. The van der Waals surface area contributed by atoms with Crippen molar-refractivity contribution >= 4 is 0 Å². The molecule has 1 unspecified atom stereocenters. The second kappa shape index (κ2) is 3.72. The molecule has 0 saturated carbocycles. The summed E-state index contributed by atoms with van der Waals surface area (Å²) in [5.41, 5.74) is 1.19. The fourth-order valence-electron chi connectivity index (χ4n) is 1.82. The summed E-state index contributed by atoms with van der Waals surface area (Å²) in [7, 11) is 0. The minimum Gasteiger partial charge on any atom is -0.454 e. The lowest BCUT2D eigenvalue weighted by Gasteiger charge is -2.07. The molecule has 3 rings (SSSR count). The lowest BCUT2D eigenvalue weighted by atomic mass is 10.1. The zero-order valence-electron chi connectivity index (χ0n) is 8.27. The molecule has 0 amide bonds. The fourth-order valence-corrected chi connectivity index (χ4v) is 1.82. The van der Waals surface area contributed by atoms with Crippen LogP contribution in [0.2, 0.25) is 0 Å². The van der Waals surface area contributed by atoms with Gasteiger partial charge in [0.25, 0.3) is 0 Å². The number of hydrogen-bond donors (Lipinski definition) is 0.